The van der Waals surface area contributed by atoms with Gasteiger partial charge in [0.1, 0.15) is 11.5 Å². The Hall–Kier alpha value is -0.220. The molecule has 1 aliphatic heterocycles. The van der Waals surface area contributed by atoms with E-state index >= 15 is 0 Å². The third kappa shape index (κ3) is 3.66. The monoisotopic (exact) mass is 306 g/mol. The topological polar surface area (TPSA) is 28.4 Å². The fraction of sp³-hybridized carbons (Fsp3) is 0.714. The van der Waals surface area contributed by atoms with Crippen LogP contribution in [-0.4, -0.2) is 31.1 Å². The molecule has 1 aromatic heterocycles. The molecule has 0 spiro atoms. The molecule has 3 nitrogen and oxygen atoms in total. The van der Waals surface area contributed by atoms with Gasteiger partial charge < -0.3 is 9.73 Å². The van der Waals surface area contributed by atoms with Gasteiger partial charge in [-0.2, -0.15) is 0 Å². The van der Waals surface area contributed by atoms with E-state index in [1.54, 1.807) is 0 Å². The van der Waals surface area contributed by atoms with Gasteiger partial charge in [-0.25, -0.2) is 0 Å². The van der Waals surface area contributed by atoms with Gasteiger partial charge in [0.25, 0.3) is 0 Å². The molecular formula is C14H24Cl2N2O. The zero-order chi connectivity index (χ0) is 11.8. The Morgan fingerprint density at radius 3 is 2.32 bits per heavy atom. The molecule has 0 amide bonds. The molecule has 110 valence electrons. The second-order valence-corrected chi connectivity index (χ2v) is 5.46. The third-order valence-electron chi connectivity index (χ3n) is 4.09. The maximum absolute atomic E-state index is 5.97. The summed E-state index contributed by atoms with van der Waals surface area (Å²) in [6.45, 7) is 8.74. The fourth-order valence-electron chi connectivity index (χ4n) is 2.83. The first-order valence-corrected chi connectivity index (χ1v) is 6.77. The van der Waals surface area contributed by atoms with Crippen LogP contribution in [0.4, 0.5) is 0 Å². The zero-order valence-electron chi connectivity index (χ0n) is 11.6. The van der Waals surface area contributed by atoms with E-state index in [0.29, 0.717) is 6.04 Å². The molecule has 5 heteroatoms. The van der Waals surface area contributed by atoms with E-state index in [-0.39, 0.29) is 24.8 Å². The number of furan rings is 1. The maximum atomic E-state index is 5.97. The highest BCUT2D eigenvalue weighted by molar-refractivity contribution is 5.85. The van der Waals surface area contributed by atoms with Crippen molar-refractivity contribution >= 4 is 24.8 Å². The lowest BCUT2D eigenvalue weighted by Gasteiger charge is -2.34. The van der Waals surface area contributed by atoms with E-state index in [0.717, 1.165) is 37.9 Å². The number of aryl methyl sites for hydroxylation is 2. The Kier molecular flexibility index (Phi) is 6.18. The molecule has 0 bridgehead atoms. The van der Waals surface area contributed by atoms with Crippen LogP contribution in [-0.2, 0) is 0 Å². The largest absolute Gasteiger partial charge is 0.464 e. The van der Waals surface area contributed by atoms with Gasteiger partial charge in [-0.3, -0.25) is 4.90 Å². The van der Waals surface area contributed by atoms with Gasteiger partial charge in [-0.1, -0.05) is 0 Å². The molecule has 2 aliphatic rings. The van der Waals surface area contributed by atoms with Crippen molar-refractivity contribution in [1.82, 2.24) is 10.2 Å². The molecule has 1 saturated carbocycles. The molecule has 0 unspecified atom stereocenters. The van der Waals surface area contributed by atoms with Crippen LogP contribution in [0.1, 0.15) is 36.0 Å². The minimum atomic E-state index is 0. The van der Waals surface area contributed by atoms with Crippen molar-refractivity contribution in [2.75, 3.05) is 26.2 Å². The molecule has 1 atom stereocenters. The lowest BCUT2D eigenvalue weighted by atomic mass is 10.1. The summed E-state index contributed by atoms with van der Waals surface area (Å²) in [5, 5.41) is 3.42. The number of hydrogen-bond acceptors (Lipinski definition) is 3. The molecule has 1 N–H and O–H groups in total. The van der Waals surface area contributed by atoms with Crippen LogP contribution in [0, 0.1) is 19.8 Å². The van der Waals surface area contributed by atoms with E-state index in [2.05, 4.69) is 30.1 Å². The molecular weight excluding hydrogens is 283 g/mol. The van der Waals surface area contributed by atoms with Crippen LogP contribution >= 0.6 is 24.8 Å². The standard InChI is InChI=1S/C14H22N2O.2ClH/c1-10-9-13(17-11(10)2)14(12-3-4-12)16-7-5-15-6-8-16;;/h9,12,14-15H,3-8H2,1-2H3;2*1H/t14-;;/m0../s1. The Bertz CT molecular complexity index is 379. The maximum Gasteiger partial charge on any atom is 0.121 e. The number of piperazine rings is 1. The minimum absolute atomic E-state index is 0. The van der Waals surface area contributed by atoms with E-state index in [1.807, 2.05) is 0 Å². The molecule has 2 fully saturated rings. The summed E-state index contributed by atoms with van der Waals surface area (Å²) in [6, 6.07) is 2.78. The summed E-state index contributed by atoms with van der Waals surface area (Å²) >= 11 is 0. The molecule has 0 aromatic carbocycles. The average Bonchev–Trinajstić information content (AvgIpc) is 3.09. The first kappa shape index (κ1) is 16.8. The Morgan fingerprint density at radius 1 is 1.21 bits per heavy atom. The minimum Gasteiger partial charge on any atom is -0.464 e. The van der Waals surface area contributed by atoms with Gasteiger partial charge in [0.2, 0.25) is 0 Å². The van der Waals surface area contributed by atoms with Crippen molar-refractivity contribution in [3.05, 3.63) is 23.2 Å². The van der Waals surface area contributed by atoms with Crippen LogP contribution in [0.3, 0.4) is 0 Å². The zero-order valence-corrected chi connectivity index (χ0v) is 13.3. The van der Waals surface area contributed by atoms with E-state index in [1.165, 1.54) is 24.2 Å². The molecule has 2 heterocycles. The number of halogens is 2. The first-order valence-electron chi connectivity index (χ1n) is 6.77. The van der Waals surface area contributed by atoms with Crippen molar-refractivity contribution in [3.8, 4) is 0 Å². The van der Waals surface area contributed by atoms with Crippen LogP contribution in [0.25, 0.3) is 0 Å². The summed E-state index contributed by atoms with van der Waals surface area (Å²) < 4.78 is 5.97. The highest BCUT2D eigenvalue weighted by Crippen LogP contribution is 2.45. The summed E-state index contributed by atoms with van der Waals surface area (Å²) in [7, 11) is 0. The summed E-state index contributed by atoms with van der Waals surface area (Å²) in [6.07, 6.45) is 2.74. The van der Waals surface area contributed by atoms with Gasteiger partial charge in [0.15, 0.2) is 0 Å². The normalized spacial score (nSPS) is 21.4. The molecule has 3 rings (SSSR count). The summed E-state index contributed by atoms with van der Waals surface area (Å²) in [4.78, 5) is 2.60. The van der Waals surface area contributed by atoms with E-state index < -0.39 is 0 Å². The van der Waals surface area contributed by atoms with Crippen molar-refractivity contribution in [1.29, 1.82) is 0 Å². The van der Waals surface area contributed by atoms with Crippen LogP contribution in [0.2, 0.25) is 0 Å². The lowest BCUT2D eigenvalue weighted by molar-refractivity contribution is 0.136. The lowest BCUT2D eigenvalue weighted by Crippen LogP contribution is -2.45. The van der Waals surface area contributed by atoms with Crippen molar-refractivity contribution in [2.24, 2.45) is 5.92 Å². The van der Waals surface area contributed by atoms with Crippen molar-refractivity contribution in [3.63, 3.8) is 0 Å². The predicted molar refractivity (Wildman–Crippen MR) is 82.6 cm³/mol. The molecule has 1 saturated heterocycles. The molecule has 1 aliphatic carbocycles. The number of rotatable bonds is 3. The SMILES string of the molecule is Cc1cc([C@H](C2CC2)N2CCNCC2)oc1C.Cl.Cl. The van der Waals surface area contributed by atoms with Gasteiger partial charge in [-0.05, 0) is 44.2 Å². The van der Waals surface area contributed by atoms with Crippen LogP contribution in [0.5, 0.6) is 0 Å². The molecule has 19 heavy (non-hydrogen) atoms. The van der Waals surface area contributed by atoms with E-state index in [4.69, 9.17) is 4.42 Å². The molecule has 0 radical (unpaired) electrons. The predicted octanol–water partition coefficient (Wildman–Crippen LogP) is 3.10. The highest BCUT2D eigenvalue weighted by Gasteiger charge is 2.38. The average molecular weight is 307 g/mol. The fourth-order valence-corrected chi connectivity index (χ4v) is 2.83. The second-order valence-electron chi connectivity index (χ2n) is 5.46. The quantitative estimate of drug-likeness (QED) is 0.930. The number of nitrogens with zero attached hydrogens (tertiary/aromatic N) is 1. The van der Waals surface area contributed by atoms with Crippen molar-refractivity contribution in [2.45, 2.75) is 32.7 Å². The van der Waals surface area contributed by atoms with E-state index in [9.17, 15) is 0 Å². The van der Waals surface area contributed by atoms with Crippen LogP contribution in [0.15, 0.2) is 10.5 Å². The third-order valence-corrected chi connectivity index (χ3v) is 4.09. The number of hydrogen-bond donors (Lipinski definition) is 1. The van der Waals surface area contributed by atoms with Gasteiger partial charge in [0.05, 0.1) is 6.04 Å². The smallest absolute Gasteiger partial charge is 0.121 e. The Morgan fingerprint density at radius 2 is 1.84 bits per heavy atom. The summed E-state index contributed by atoms with van der Waals surface area (Å²) in [5.41, 5.74) is 1.29. The van der Waals surface area contributed by atoms with Crippen LogP contribution < -0.4 is 5.32 Å². The van der Waals surface area contributed by atoms with Crippen molar-refractivity contribution < 1.29 is 4.42 Å². The van der Waals surface area contributed by atoms with Gasteiger partial charge in [0, 0.05) is 26.2 Å². The summed E-state index contributed by atoms with van der Waals surface area (Å²) in [5.74, 6) is 3.11. The highest BCUT2D eigenvalue weighted by atomic mass is 35.5. The Balaban J connectivity index is 0.000000902. The number of nitrogens with one attached hydrogen (secondary N) is 1. The molecule has 1 aromatic rings. The van der Waals surface area contributed by atoms with Gasteiger partial charge >= 0.3 is 0 Å². The first-order chi connectivity index (χ1) is 8.25. The Labute approximate surface area is 127 Å². The van der Waals surface area contributed by atoms with Gasteiger partial charge in [-0.15, -0.1) is 24.8 Å². The second kappa shape index (κ2) is 6.98.